The smallest absolute Gasteiger partial charge is 0.236 e. The normalized spacial score (nSPS) is 22.8. The summed E-state index contributed by atoms with van der Waals surface area (Å²) in [6.45, 7) is 1.80. The van der Waals surface area contributed by atoms with Crippen LogP contribution < -0.4 is 19.5 Å². The van der Waals surface area contributed by atoms with E-state index in [-0.39, 0.29) is 22.1 Å². The first-order chi connectivity index (χ1) is 13.9. The predicted molar refractivity (Wildman–Crippen MR) is 107 cm³/mol. The number of anilines is 1. The maximum absolute atomic E-state index is 13.4. The van der Waals surface area contributed by atoms with Gasteiger partial charge in [-0.1, -0.05) is 18.5 Å². The summed E-state index contributed by atoms with van der Waals surface area (Å²) in [5, 5.41) is 3.31. The van der Waals surface area contributed by atoms with Crippen molar-refractivity contribution in [3.63, 3.8) is 0 Å². The van der Waals surface area contributed by atoms with Gasteiger partial charge in [0.25, 0.3) is 0 Å². The number of rotatable bonds is 4. The molecule has 0 amide bonds. The van der Waals surface area contributed by atoms with Crippen molar-refractivity contribution in [3.8, 4) is 17.2 Å². The average Bonchev–Trinajstić information content (AvgIpc) is 3.03. The lowest BCUT2D eigenvalue weighted by Gasteiger charge is -2.35. The van der Waals surface area contributed by atoms with Crippen molar-refractivity contribution in [3.05, 3.63) is 53.0 Å². The summed E-state index contributed by atoms with van der Waals surface area (Å²) < 4.78 is 16.6. The van der Waals surface area contributed by atoms with Gasteiger partial charge in [-0.05, 0) is 18.6 Å². The number of carbonyl (C=O) groups is 2. The highest BCUT2D eigenvalue weighted by atomic mass is 35.5. The Hall–Kier alpha value is -3.06. The van der Waals surface area contributed by atoms with Gasteiger partial charge >= 0.3 is 0 Å². The highest BCUT2D eigenvalue weighted by Gasteiger charge is 2.60. The first-order valence-electron chi connectivity index (χ1n) is 9.02. The van der Waals surface area contributed by atoms with E-state index in [4.69, 9.17) is 25.8 Å². The fraction of sp³-hybridized carbons (Fsp3) is 0.286. The third-order valence-electron chi connectivity index (χ3n) is 5.28. The van der Waals surface area contributed by atoms with Crippen molar-refractivity contribution < 1.29 is 23.8 Å². The maximum Gasteiger partial charge on any atom is 0.236 e. The van der Waals surface area contributed by atoms with Crippen LogP contribution in [0.25, 0.3) is 0 Å². The largest absolute Gasteiger partial charge is 0.496 e. The summed E-state index contributed by atoms with van der Waals surface area (Å²) in [4.78, 5) is 30.6. The number of nitrogens with zero attached hydrogens (tertiary/aromatic N) is 1. The topological polar surface area (TPSA) is 86.8 Å². The number of allylic oxidation sites excluding steroid dienone is 1. The van der Waals surface area contributed by atoms with Gasteiger partial charge in [-0.25, -0.2) is 0 Å². The van der Waals surface area contributed by atoms with E-state index in [1.807, 2.05) is 6.07 Å². The molecule has 7 nitrogen and oxygen atoms in total. The molecule has 2 aromatic rings. The Labute approximate surface area is 172 Å². The number of hydrogen-bond acceptors (Lipinski definition) is 7. The van der Waals surface area contributed by atoms with Crippen molar-refractivity contribution in [1.29, 1.82) is 0 Å². The zero-order chi connectivity index (χ0) is 20.8. The average molecular weight is 415 g/mol. The van der Waals surface area contributed by atoms with Gasteiger partial charge in [0.05, 0.1) is 26.1 Å². The molecule has 1 aliphatic heterocycles. The van der Waals surface area contributed by atoms with Gasteiger partial charge in [-0.15, -0.1) is 0 Å². The lowest BCUT2D eigenvalue weighted by atomic mass is 9.74. The molecule has 0 saturated heterocycles. The van der Waals surface area contributed by atoms with Crippen LogP contribution in [0.3, 0.4) is 0 Å². The van der Waals surface area contributed by atoms with E-state index < -0.39 is 23.1 Å². The van der Waals surface area contributed by atoms with Crippen LogP contribution in [0, 0.1) is 5.92 Å². The number of aromatic nitrogens is 1. The molecule has 0 radical (unpaired) electrons. The van der Waals surface area contributed by atoms with E-state index >= 15 is 0 Å². The van der Waals surface area contributed by atoms with E-state index in [0.29, 0.717) is 17.9 Å². The molecule has 2 aliphatic rings. The van der Waals surface area contributed by atoms with Gasteiger partial charge in [0.1, 0.15) is 22.1 Å². The van der Waals surface area contributed by atoms with Crippen LogP contribution in [0.5, 0.6) is 17.2 Å². The van der Waals surface area contributed by atoms with Crippen LogP contribution in [0.15, 0.2) is 42.4 Å². The SMILES string of the molecule is COc1cc(OC)c2c(c1Cl)O[C@@]1(C(=O)C=C(Nc3cccnc3)C[C@H]1C)C2=O. The zero-order valence-electron chi connectivity index (χ0n) is 16.1. The van der Waals surface area contributed by atoms with Crippen LogP contribution >= 0.6 is 11.6 Å². The molecule has 1 aromatic carbocycles. The second kappa shape index (κ2) is 7.08. The first kappa shape index (κ1) is 19.3. The van der Waals surface area contributed by atoms with Crippen LogP contribution in [0.4, 0.5) is 5.69 Å². The molecule has 2 heterocycles. The van der Waals surface area contributed by atoms with Gasteiger partial charge in [-0.3, -0.25) is 14.6 Å². The number of Topliss-reactive ketones (excluding diaryl/α,β-unsaturated/α-hetero) is 1. The van der Waals surface area contributed by atoms with Crippen molar-refractivity contribution in [2.24, 2.45) is 5.92 Å². The number of fused-ring (bicyclic) bond motifs is 1. The first-order valence-corrected chi connectivity index (χ1v) is 9.40. The fourth-order valence-electron chi connectivity index (χ4n) is 3.84. The molecule has 0 saturated carbocycles. The van der Waals surface area contributed by atoms with E-state index in [0.717, 1.165) is 5.69 Å². The second-order valence-corrected chi connectivity index (χ2v) is 7.35. The molecule has 2 atom stereocenters. The highest BCUT2D eigenvalue weighted by Crippen LogP contribution is 2.53. The van der Waals surface area contributed by atoms with Crippen molar-refractivity contribution in [1.82, 2.24) is 4.98 Å². The summed E-state index contributed by atoms with van der Waals surface area (Å²) in [5.74, 6) is -0.663. The second-order valence-electron chi connectivity index (χ2n) is 6.97. The van der Waals surface area contributed by atoms with E-state index in [2.05, 4.69) is 10.3 Å². The van der Waals surface area contributed by atoms with Crippen LogP contribution in [-0.2, 0) is 4.79 Å². The zero-order valence-corrected chi connectivity index (χ0v) is 16.9. The van der Waals surface area contributed by atoms with Crippen LogP contribution in [0.2, 0.25) is 5.02 Å². The molecule has 1 N–H and O–H groups in total. The Balaban J connectivity index is 1.74. The Kier molecular flexibility index (Phi) is 4.70. The predicted octanol–water partition coefficient (Wildman–Crippen LogP) is 3.67. The number of ether oxygens (including phenoxy) is 3. The molecule has 1 aromatic heterocycles. The summed E-state index contributed by atoms with van der Waals surface area (Å²) in [6, 6.07) is 5.16. The number of pyridine rings is 1. The number of methoxy groups -OCH3 is 2. The Morgan fingerprint density at radius 3 is 2.66 bits per heavy atom. The number of ketones is 2. The molecule has 29 heavy (non-hydrogen) atoms. The molecular weight excluding hydrogens is 396 g/mol. The van der Waals surface area contributed by atoms with Crippen molar-refractivity contribution in [2.75, 3.05) is 19.5 Å². The van der Waals surface area contributed by atoms with Gasteiger partial charge in [0.15, 0.2) is 5.75 Å². The summed E-state index contributed by atoms with van der Waals surface area (Å²) in [7, 11) is 2.89. The van der Waals surface area contributed by atoms with Crippen LogP contribution in [0.1, 0.15) is 23.7 Å². The molecule has 1 aliphatic carbocycles. The van der Waals surface area contributed by atoms with Gasteiger partial charge in [0.2, 0.25) is 17.2 Å². The maximum atomic E-state index is 13.4. The Morgan fingerprint density at radius 2 is 2.03 bits per heavy atom. The molecule has 0 bridgehead atoms. The molecule has 4 rings (SSSR count). The quantitative estimate of drug-likeness (QED) is 0.763. The molecule has 150 valence electrons. The number of hydrogen-bond donors (Lipinski definition) is 1. The molecular formula is C21H19ClN2O5. The summed E-state index contributed by atoms with van der Waals surface area (Å²) >= 11 is 6.38. The molecule has 0 unspecified atom stereocenters. The van der Waals surface area contributed by atoms with E-state index in [1.165, 1.54) is 26.4 Å². The number of benzene rings is 1. The summed E-state index contributed by atoms with van der Waals surface area (Å²) in [6.07, 6.45) is 5.16. The third-order valence-corrected chi connectivity index (χ3v) is 5.63. The van der Waals surface area contributed by atoms with E-state index in [9.17, 15) is 9.59 Å². The summed E-state index contributed by atoms with van der Waals surface area (Å²) in [5.41, 5.74) is -0.0723. The van der Waals surface area contributed by atoms with Crippen molar-refractivity contribution >= 4 is 28.9 Å². The van der Waals surface area contributed by atoms with Gasteiger partial charge in [0, 0.05) is 30.0 Å². The van der Waals surface area contributed by atoms with Crippen LogP contribution in [-0.4, -0.2) is 36.4 Å². The Morgan fingerprint density at radius 1 is 1.28 bits per heavy atom. The van der Waals surface area contributed by atoms with E-state index in [1.54, 1.807) is 25.4 Å². The minimum Gasteiger partial charge on any atom is -0.496 e. The number of carbonyl (C=O) groups excluding carboxylic acids is 2. The molecule has 8 heteroatoms. The lowest BCUT2D eigenvalue weighted by Crippen LogP contribution is -2.55. The van der Waals surface area contributed by atoms with Gasteiger partial charge in [-0.2, -0.15) is 0 Å². The monoisotopic (exact) mass is 414 g/mol. The molecule has 0 fully saturated rings. The minimum atomic E-state index is -1.67. The van der Waals surface area contributed by atoms with Gasteiger partial charge < -0.3 is 19.5 Å². The molecule has 1 spiro atoms. The Bertz CT molecular complexity index is 1040. The minimum absolute atomic E-state index is 0.116. The number of halogens is 1. The fourth-order valence-corrected chi connectivity index (χ4v) is 4.10. The standard InChI is InChI=1S/C21H19ClN2O5/c1-11-7-13(24-12-5-4-6-23-10-12)8-16(25)21(11)20(26)17-14(27-2)9-15(28-3)18(22)19(17)29-21/h4-6,8-11,24H,7H2,1-3H3/t11-,21+/m1/s1. The number of nitrogens with one attached hydrogen (secondary N) is 1. The highest BCUT2D eigenvalue weighted by molar-refractivity contribution is 6.36. The van der Waals surface area contributed by atoms with Crippen molar-refractivity contribution in [2.45, 2.75) is 18.9 Å². The lowest BCUT2D eigenvalue weighted by molar-refractivity contribution is -0.129. The third kappa shape index (κ3) is 2.84.